The molecule has 2 rings (SSSR count). The molecular formula is C22H29NO4. The molecule has 0 spiro atoms. The van der Waals surface area contributed by atoms with Crippen molar-refractivity contribution < 1.29 is 19.4 Å². The number of benzene rings is 2. The minimum absolute atomic E-state index is 0.0734. The van der Waals surface area contributed by atoms with Crippen LogP contribution in [0.25, 0.3) is 0 Å². The second-order valence-electron chi connectivity index (χ2n) is 6.59. The Labute approximate surface area is 161 Å². The summed E-state index contributed by atoms with van der Waals surface area (Å²) in [5, 5.41) is 13.2. The van der Waals surface area contributed by atoms with Crippen molar-refractivity contribution in [2.24, 2.45) is 0 Å². The van der Waals surface area contributed by atoms with Crippen LogP contribution in [0.1, 0.15) is 21.5 Å². The number of aliphatic hydroxyl groups excluding tert-OH is 1. The van der Waals surface area contributed by atoms with Crippen LogP contribution >= 0.6 is 0 Å². The van der Waals surface area contributed by atoms with E-state index in [2.05, 4.69) is 5.32 Å². The Bertz CT molecular complexity index is 672. The summed E-state index contributed by atoms with van der Waals surface area (Å²) in [5.74, 6) is -0.0734. The highest BCUT2D eigenvalue weighted by molar-refractivity contribution is 5.99. The van der Waals surface area contributed by atoms with E-state index in [4.69, 9.17) is 9.47 Å². The van der Waals surface area contributed by atoms with Crippen molar-refractivity contribution in [1.29, 1.82) is 0 Å². The van der Waals surface area contributed by atoms with Gasteiger partial charge in [-0.1, -0.05) is 60.2 Å². The van der Waals surface area contributed by atoms with Gasteiger partial charge in [0.2, 0.25) is 0 Å². The van der Waals surface area contributed by atoms with E-state index in [1.807, 2.05) is 49.4 Å². The summed E-state index contributed by atoms with van der Waals surface area (Å²) in [4.78, 5) is 12.9. The van der Waals surface area contributed by atoms with E-state index in [1.54, 1.807) is 19.2 Å². The SMILES string of the molecule is COCCNCC(O)COC(Cc1ccc(C)cc1)C(=O)c1ccccc1. The van der Waals surface area contributed by atoms with E-state index in [1.165, 1.54) is 5.56 Å². The van der Waals surface area contributed by atoms with Crippen LogP contribution in [-0.2, 0) is 15.9 Å². The Morgan fingerprint density at radius 2 is 1.81 bits per heavy atom. The average Bonchev–Trinajstić information content (AvgIpc) is 2.70. The number of aliphatic hydroxyl groups is 1. The van der Waals surface area contributed by atoms with E-state index >= 15 is 0 Å². The summed E-state index contributed by atoms with van der Waals surface area (Å²) in [6, 6.07) is 17.2. The Hall–Kier alpha value is -2.05. The molecule has 5 heteroatoms. The number of ketones is 1. The van der Waals surface area contributed by atoms with E-state index in [0.717, 1.165) is 5.56 Å². The third kappa shape index (κ3) is 7.61. The van der Waals surface area contributed by atoms with Crippen LogP contribution in [0.5, 0.6) is 0 Å². The van der Waals surface area contributed by atoms with Crippen molar-refractivity contribution in [2.45, 2.75) is 25.6 Å². The first-order valence-corrected chi connectivity index (χ1v) is 9.24. The van der Waals surface area contributed by atoms with Crippen LogP contribution in [-0.4, -0.2) is 56.5 Å². The van der Waals surface area contributed by atoms with E-state index in [0.29, 0.717) is 31.7 Å². The number of nitrogens with one attached hydrogen (secondary N) is 1. The van der Waals surface area contributed by atoms with Gasteiger partial charge in [-0.15, -0.1) is 0 Å². The summed E-state index contributed by atoms with van der Waals surface area (Å²) in [6.45, 7) is 3.74. The molecular weight excluding hydrogens is 342 g/mol. The molecule has 0 aliphatic rings. The normalized spacial score (nSPS) is 13.3. The zero-order valence-electron chi connectivity index (χ0n) is 16.1. The molecule has 2 N–H and O–H groups in total. The van der Waals surface area contributed by atoms with Crippen LogP contribution in [0.15, 0.2) is 54.6 Å². The number of aryl methyl sites for hydroxylation is 1. The molecule has 2 aromatic carbocycles. The molecule has 27 heavy (non-hydrogen) atoms. The lowest BCUT2D eigenvalue weighted by atomic mass is 9.99. The lowest BCUT2D eigenvalue weighted by Gasteiger charge is -2.20. The number of carbonyl (C=O) groups excluding carboxylic acids is 1. The molecule has 0 saturated heterocycles. The minimum atomic E-state index is -0.689. The van der Waals surface area contributed by atoms with Crippen LogP contribution in [0.2, 0.25) is 0 Å². The number of Topliss-reactive ketones (excluding diaryl/α,β-unsaturated/α-hetero) is 1. The highest BCUT2D eigenvalue weighted by Gasteiger charge is 2.22. The molecule has 0 radical (unpaired) electrons. The molecule has 2 unspecified atom stereocenters. The maximum atomic E-state index is 12.9. The second kappa shape index (κ2) is 11.6. The maximum Gasteiger partial charge on any atom is 0.191 e. The highest BCUT2D eigenvalue weighted by atomic mass is 16.5. The molecule has 0 heterocycles. The molecule has 5 nitrogen and oxygen atoms in total. The molecule has 2 aromatic rings. The fourth-order valence-electron chi connectivity index (χ4n) is 2.68. The lowest BCUT2D eigenvalue weighted by Crippen LogP contribution is -2.36. The summed E-state index contributed by atoms with van der Waals surface area (Å²) in [5.41, 5.74) is 2.81. The standard InChI is InChI=1S/C22H29NO4/c1-17-8-10-18(11-9-17)14-21(22(25)19-6-4-3-5-7-19)27-16-20(24)15-23-12-13-26-2/h3-11,20-21,23-24H,12-16H2,1-2H3. The highest BCUT2D eigenvalue weighted by Crippen LogP contribution is 2.14. The molecule has 0 saturated carbocycles. The Morgan fingerprint density at radius 1 is 1.11 bits per heavy atom. The monoisotopic (exact) mass is 371 g/mol. The fraction of sp³-hybridized carbons (Fsp3) is 0.409. The predicted molar refractivity (Wildman–Crippen MR) is 106 cm³/mol. The molecule has 0 aliphatic carbocycles. The molecule has 0 amide bonds. The van der Waals surface area contributed by atoms with Crippen LogP contribution in [0.4, 0.5) is 0 Å². The van der Waals surface area contributed by atoms with Crippen LogP contribution in [0.3, 0.4) is 0 Å². The number of rotatable bonds is 12. The van der Waals surface area contributed by atoms with Gasteiger partial charge in [0, 0.05) is 32.2 Å². The molecule has 0 fully saturated rings. The van der Waals surface area contributed by atoms with Crippen molar-refractivity contribution >= 4 is 5.78 Å². The zero-order valence-corrected chi connectivity index (χ0v) is 16.1. The number of hydrogen-bond donors (Lipinski definition) is 2. The topological polar surface area (TPSA) is 67.8 Å². The summed E-state index contributed by atoms with van der Waals surface area (Å²) in [7, 11) is 1.63. The smallest absolute Gasteiger partial charge is 0.191 e. The van der Waals surface area contributed by atoms with Crippen molar-refractivity contribution in [2.75, 3.05) is 33.4 Å². The quantitative estimate of drug-likeness (QED) is 0.443. The molecule has 0 aliphatic heterocycles. The van der Waals surface area contributed by atoms with Gasteiger partial charge >= 0.3 is 0 Å². The molecule has 146 valence electrons. The molecule has 0 aromatic heterocycles. The largest absolute Gasteiger partial charge is 0.389 e. The second-order valence-corrected chi connectivity index (χ2v) is 6.59. The first kappa shape index (κ1) is 21.3. The Kier molecular flexibility index (Phi) is 9.15. The van der Waals surface area contributed by atoms with Crippen LogP contribution in [0, 0.1) is 6.92 Å². The van der Waals surface area contributed by atoms with Crippen LogP contribution < -0.4 is 5.32 Å². The van der Waals surface area contributed by atoms with Gasteiger partial charge in [0.25, 0.3) is 0 Å². The first-order chi connectivity index (χ1) is 13.1. The Balaban J connectivity index is 1.98. The average molecular weight is 371 g/mol. The van der Waals surface area contributed by atoms with Crippen molar-refractivity contribution in [1.82, 2.24) is 5.32 Å². The number of hydrogen-bond acceptors (Lipinski definition) is 5. The van der Waals surface area contributed by atoms with Gasteiger partial charge in [0.05, 0.1) is 19.3 Å². The molecule has 2 atom stereocenters. The number of methoxy groups -OCH3 is 1. The fourth-order valence-corrected chi connectivity index (χ4v) is 2.68. The summed E-state index contributed by atoms with van der Waals surface area (Å²) < 4.78 is 10.8. The van der Waals surface area contributed by atoms with Gasteiger partial charge in [-0.05, 0) is 12.5 Å². The van der Waals surface area contributed by atoms with Crippen molar-refractivity contribution in [3.63, 3.8) is 0 Å². The number of carbonyl (C=O) groups is 1. The third-order valence-corrected chi connectivity index (χ3v) is 4.25. The van der Waals surface area contributed by atoms with Gasteiger partial charge in [0.1, 0.15) is 6.10 Å². The van der Waals surface area contributed by atoms with Gasteiger partial charge in [-0.25, -0.2) is 0 Å². The number of ether oxygens (including phenoxy) is 2. The van der Waals surface area contributed by atoms with Gasteiger partial charge in [0.15, 0.2) is 5.78 Å². The van der Waals surface area contributed by atoms with Crippen molar-refractivity contribution in [3.05, 3.63) is 71.3 Å². The first-order valence-electron chi connectivity index (χ1n) is 9.24. The lowest BCUT2D eigenvalue weighted by molar-refractivity contribution is -0.00197. The van der Waals surface area contributed by atoms with Crippen molar-refractivity contribution in [3.8, 4) is 0 Å². The van der Waals surface area contributed by atoms with Gasteiger partial charge in [-0.3, -0.25) is 4.79 Å². The van der Waals surface area contributed by atoms with E-state index in [9.17, 15) is 9.90 Å². The maximum absolute atomic E-state index is 12.9. The van der Waals surface area contributed by atoms with Gasteiger partial charge in [-0.2, -0.15) is 0 Å². The summed E-state index contributed by atoms with van der Waals surface area (Å²) >= 11 is 0. The molecule has 0 bridgehead atoms. The predicted octanol–water partition coefficient (Wildman–Crippen LogP) is 2.40. The summed E-state index contributed by atoms with van der Waals surface area (Å²) in [6.07, 6.45) is -0.854. The minimum Gasteiger partial charge on any atom is -0.389 e. The van der Waals surface area contributed by atoms with E-state index < -0.39 is 12.2 Å². The zero-order chi connectivity index (χ0) is 19.5. The van der Waals surface area contributed by atoms with E-state index in [-0.39, 0.29) is 12.4 Å². The van der Waals surface area contributed by atoms with Gasteiger partial charge < -0.3 is 19.9 Å². The Morgan fingerprint density at radius 3 is 2.48 bits per heavy atom. The third-order valence-electron chi connectivity index (χ3n) is 4.25.